The Morgan fingerprint density at radius 1 is 0.966 bits per heavy atom. The van der Waals surface area contributed by atoms with Crippen molar-refractivity contribution in [2.45, 2.75) is 64.8 Å². The Balaban J connectivity index is 1.80. The summed E-state index contributed by atoms with van der Waals surface area (Å²) in [7, 11) is 1.72. The van der Waals surface area contributed by atoms with Crippen molar-refractivity contribution in [1.82, 2.24) is 9.80 Å². The summed E-state index contributed by atoms with van der Waals surface area (Å²) in [4.78, 5) is 4.85. The zero-order valence-corrected chi connectivity index (χ0v) is 18.5. The fourth-order valence-corrected chi connectivity index (χ4v) is 3.86. The van der Waals surface area contributed by atoms with Gasteiger partial charge >= 0.3 is 0 Å². The number of para-hydroxylation sites is 1. The third kappa shape index (κ3) is 8.64. The molecule has 5 heteroatoms. The molecule has 0 aromatic heterocycles. The molecule has 0 aliphatic carbocycles. The van der Waals surface area contributed by atoms with Crippen molar-refractivity contribution in [2.24, 2.45) is 0 Å². The van der Waals surface area contributed by atoms with Crippen LogP contribution in [0.2, 0.25) is 0 Å². The first-order valence-corrected chi connectivity index (χ1v) is 11.4. The van der Waals surface area contributed by atoms with Crippen LogP contribution in [-0.2, 0) is 6.54 Å². The SMILES string of the molecule is CCCCCCCCCOc1c(CN2CCN(CCC#N)CC2)cccc1OC. The van der Waals surface area contributed by atoms with Gasteiger partial charge in [0.2, 0.25) is 0 Å². The highest BCUT2D eigenvalue weighted by Gasteiger charge is 2.19. The van der Waals surface area contributed by atoms with Crippen LogP contribution in [0.5, 0.6) is 11.5 Å². The number of methoxy groups -OCH3 is 1. The zero-order chi connectivity index (χ0) is 20.7. The van der Waals surface area contributed by atoms with E-state index in [0.717, 1.165) is 63.8 Å². The van der Waals surface area contributed by atoms with Crippen LogP contribution in [0.3, 0.4) is 0 Å². The molecule has 1 aliphatic rings. The van der Waals surface area contributed by atoms with Gasteiger partial charge in [0.05, 0.1) is 19.8 Å². The van der Waals surface area contributed by atoms with Gasteiger partial charge in [0.25, 0.3) is 0 Å². The summed E-state index contributed by atoms with van der Waals surface area (Å²) >= 11 is 0. The summed E-state index contributed by atoms with van der Waals surface area (Å²) in [5, 5.41) is 8.76. The molecule has 1 aliphatic heterocycles. The second kappa shape index (κ2) is 14.3. The van der Waals surface area contributed by atoms with E-state index in [2.05, 4.69) is 34.9 Å². The Hall–Kier alpha value is -1.77. The number of ether oxygens (including phenoxy) is 2. The van der Waals surface area contributed by atoms with E-state index >= 15 is 0 Å². The summed E-state index contributed by atoms with van der Waals surface area (Å²) in [5.41, 5.74) is 1.21. The molecule has 162 valence electrons. The largest absolute Gasteiger partial charge is 0.493 e. The van der Waals surface area contributed by atoms with Gasteiger partial charge in [0.15, 0.2) is 11.5 Å². The van der Waals surface area contributed by atoms with E-state index in [1.54, 1.807) is 7.11 Å². The van der Waals surface area contributed by atoms with Gasteiger partial charge in [-0.05, 0) is 12.5 Å². The minimum Gasteiger partial charge on any atom is -0.493 e. The Kier molecular flexibility index (Phi) is 11.6. The Bertz CT molecular complexity index is 607. The molecular weight excluding hydrogens is 362 g/mol. The molecule has 5 nitrogen and oxygen atoms in total. The third-order valence-corrected chi connectivity index (χ3v) is 5.67. The summed E-state index contributed by atoms with van der Waals surface area (Å²) in [6.07, 6.45) is 9.61. The molecule has 0 saturated carbocycles. The Morgan fingerprint density at radius 3 is 2.34 bits per heavy atom. The van der Waals surface area contributed by atoms with Crippen molar-refractivity contribution >= 4 is 0 Å². The van der Waals surface area contributed by atoms with Gasteiger partial charge < -0.3 is 9.47 Å². The zero-order valence-electron chi connectivity index (χ0n) is 18.5. The molecule has 1 aromatic rings. The lowest BCUT2D eigenvalue weighted by atomic mass is 10.1. The van der Waals surface area contributed by atoms with E-state index in [1.807, 2.05) is 6.07 Å². The molecule has 0 atom stereocenters. The average Bonchev–Trinajstić information content (AvgIpc) is 2.75. The summed E-state index contributed by atoms with van der Waals surface area (Å²) in [6, 6.07) is 8.44. The molecular formula is C24H39N3O2. The van der Waals surface area contributed by atoms with Gasteiger partial charge in [0.1, 0.15) is 0 Å². The second-order valence-electron chi connectivity index (χ2n) is 7.94. The average molecular weight is 402 g/mol. The predicted octanol–water partition coefficient (Wildman–Crippen LogP) is 4.86. The monoisotopic (exact) mass is 401 g/mol. The number of piperazine rings is 1. The number of nitrogens with zero attached hydrogens (tertiary/aromatic N) is 3. The molecule has 0 bridgehead atoms. The van der Waals surface area contributed by atoms with Crippen molar-refractivity contribution in [3.63, 3.8) is 0 Å². The number of nitriles is 1. The summed E-state index contributed by atoms with van der Waals surface area (Å²) < 4.78 is 11.8. The number of hydrogen-bond donors (Lipinski definition) is 0. The van der Waals surface area contributed by atoms with Crippen LogP contribution >= 0.6 is 0 Å². The lowest BCUT2D eigenvalue weighted by Crippen LogP contribution is -2.46. The number of hydrogen-bond acceptors (Lipinski definition) is 5. The molecule has 0 amide bonds. The first-order valence-electron chi connectivity index (χ1n) is 11.4. The number of benzene rings is 1. The van der Waals surface area contributed by atoms with Crippen molar-refractivity contribution in [3.05, 3.63) is 23.8 Å². The van der Waals surface area contributed by atoms with Crippen LogP contribution in [0, 0.1) is 11.3 Å². The number of rotatable bonds is 14. The molecule has 1 heterocycles. The van der Waals surface area contributed by atoms with Crippen molar-refractivity contribution < 1.29 is 9.47 Å². The van der Waals surface area contributed by atoms with Gasteiger partial charge in [-0.2, -0.15) is 5.26 Å². The topological polar surface area (TPSA) is 48.7 Å². The third-order valence-electron chi connectivity index (χ3n) is 5.67. The maximum Gasteiger partial charge on any atom is 0.165 e. The molecule has 2 rings (SSSR count). The van der Waals surface area contributed by atoms with Gasteiger partial charge in [0, 0.05) is 51.3 Å². The highest BCUT2D eigenvalue weighted by Crippen LogP contribution is 2.32. The van der Waals surface area contributed by atoms with Crippen LogP contribution in [0.25, 0.3) is 0 Å². The van der Waals surface area contributed by atoms with E-state index in [1.165, 1.54) is 44.1 Å². The van der Waals surface area contributed by atoms with Crippen LogP contribution in [0.15, 0.2) is 18.2 Å². The lowest BCUT2D eigenvalue weighted by molar-refractivity contribution is 0.127. The molecule has 29 heavy (non-hydrogen) atoms. The van der Waals surface area contributed by atoms with E-state index < -0.39 is 0 Å². The van der Waals surface area contributed by atoms with Crippen molar-refractivity contribution in [1.29, 1.82) is 5.26 Å². The minimum absolute atomic E-state index is 0.618. The summed E-state index contributed by atoms with van der Waals surface area (Å²) in [6.45, 7) is 8.89. The van der Waals surface area contributed by atoms with Crippen LogP contribution in [0.1, 0.15) is 63.9 Å². The highest BCUT2D eigenvalue weighted by molar-refractivity contribution is 5.46. The van der Waals surface area contributed by atoms with Crippen LogP contribution < -0.4 is 9.47 Å². The smallest absolute Gasteiger partial charge is 0.165 e. The fourth-order valence-electron chi connectivity index (χ4n) is 3.86. The molecule has 0 spiro atoms. The normalized spacial score (nSPS) is 15.2. The quantitative estimate of drug-likeness (QED) is 0.417. The first-order chi connectivity index (χ1) is 14.3. The molecule has 0 radical (unpaired) electrons. The molecule has 0 unspecified atom stereocenters. The second-order valence-corrected chi connectivity index (χ2v) is 7.94. The van der Waals surface area contributed by atoms with E-state index in [0.29, 0.717) is 6.42 Å². The van der Waals surface area contributed by atoms with E-state index in [-0.39, 0.29) is 0 Å². The fraction of sp³-hybridized carbons (Fsp3) is 0.708. The maximum atomic E-state index is 8.76. The maximum absolute atomic E-state index is 8.76. The van der Waals surface area contributed by atoms with Gasteiger partial charge in [-0.15, -0.1) is 0 Å². The molecule has 0 N–H and O–H groups in total. The number of unbranched alkanes of at least 4 members (excludes halogenated alkanes) is 6. The van der Waals surface area contributed by atoms with Gasteiger partial charge in [-0.3, -0.25) is 9.80 Å². The van der Waals surface area contributed by atoms with Crippen molar-refractivity contribution in [3.8, 4) is 17.6 Å². The van der Waals surface area contributed by atoms with Crippen LogP contribution in [0.4, 0.5) is 0 Å². The lowest BCUT2D eigenvalue weighted by Gasteiger charge is -2.34. The predicted molar refractivity (Wildman–Crippen MR) is 118 cm³/mol. The first kappa shape index (κ1) is 23.5. The van der Waals surface area contributed by atoms with Gasteiger partial charge in [-0.25, -0.2) is 0 Å². The standard InChI is InChI=1S/C24H39N3O2/c1-3-4-5-6-7-8-9-20-29-24-22(12-10-13-23(24)28-2)21-27-18-16-26(17-19-27)15-11-14-25/h10,12-13H,3-9,11,15-21H2,1-2H3. The van der Waals surface area contributed by atoms with Gasteiger partial charge in [-0.1, -0.05) is 57.6 Å². The molecule has 1 saturated heterocycles. The molecule has 1 fully saturated rings. The van der Waals surface area contributed by atoms with Crippen LogP contribution in [-0.4, -0.2) is 56.2 Å². The molecule has 1 aromatic carbocycles. The minimum atomic E-state index is 0.618. The van der Waals surface area contributed by atoms with E-state index in [4.69, 9.17) is 14.7 Å². The summed E-state index contributed by atoms with van der Waals surface area (Å²) in [5.74, 6) is 1.74. The Morgan fingerprint density at radius 2 is 1.66 bits per heavy atom. The van der Waals surface area contributed by atoms with E-state index in [9.17, 15) is 0 Å². The highest BCUT2D eigenvalue weighted by atomic mass is 16.5. The van der Waals surface area contributed by atoms with Crippen molar-refractivity contribution in [2.75, 3.05) is 46.4 Å². The Labute approximate surface area is 177 Å².